The Morgan fingerprint density at radius 2 is 2.00 bits per heavy atom. The molecule has 0 unspecified atom stereocenters. The highest BCUT2D eigenvalue weighted by Gasteiger charge is 2.25. The minimum absolute atomic E-state index is 0.108. The number of aromatic nitrogens is 1. The largest absolute Gasteiger partial charge is 0.324 e. The van der Waals surface area contributed by atoms with E-state index in [1.807, 2.05) is 17.5 Å². The van der Waals surface area contributed by atoms with Crippen LogP contribution in [0.5, 0.6) is 0 Å². The van der Waals surface area contributed by atoms with Gasteiger partial charge in [0.1, 0.15) is 0 Å². The maximum atomic E-state index is 13.2. The second kappa shape index (κ2) is 8.46. The third-order valence-electron chi connectivity index (χ3n) is 4.40. The molecule has 8 nitrogen and oxygen atoms in total. The average Bonchev–Trinajstić information content (AvgIpc) is 3.46. The van der Waals surface area contributed by atoms with E-state index in [0.29, 0.717) is 28.3 Å². The quantitative estimate of drug-likeness (QED) is 0.274. The molecule has 1 amide bonds. The summed E-state index contributed by atoms with van der Waals surface area (Å²) in [5, 5.41) is 13.3. The monoisotopic (exact) mass is 493 g/mol. The number of amides is 1. The van der Waals surface area contributed by atoms with Crippen LogP contribution in [0.2, 0.25) is 0 Å². The maximum absolute atomic E-state index is 13.2. The van der Waals surface area contributed by atoms with E-state index in [0.717, 1.165) is 22.5 Å². The average molecular weight is 494 g/mol. The van der Waals surface area contributed by atoms with Crippen LogP contribution in [0.3, 0.4) is 0 Å². The lowest BCUT2D eigenvalue weighted by Gasteiger charge is -2.18. The molecule has 0 fully saturated rings. The van der Waals surface area contributed by atoms with Gasteiger partial charge in [-0.2, -0.15) is 0 Å². The first-order valence-electron chi connectivity index (χ1n) is 8.91. The molecule has 3 aromatic heterocycles. The number of hydrogen-bond donors (Lipinski definition) is 0. The summed E-state index contributed by atoms with van der Waals surface area (Å²) in [4.78, 5) is 31.3. The van der Waals surface area contributed by atoms with Crippen LogP contribution in [0.4, 0.5) is 10.1 Å². The van der Waals surface area contributed by atoms with E-state index in [1.165, 1.54) is 34.4 Å². The van der Waals surface area contributed by atoms with Gasteiger partial charge in [0.2, 0.25) is 0 Å². The van der Waals surface area contributed by atoms with Gasteiger partial charge in [-0.25, -0.2) is 13.4 Å². The molecule has 0 radical (unpaired) electrons. The highest BCUT2D eigenvalue weighted by atomic mass is 32.2. The van der Waals surface area contributed by atoms with Gasteiger partial charge in [-0.05, 0) is 42.1 Å². The molecule has 0 aliphatic heterocycles. The summed E-state index contributed by atoms with van der Waals surface area (Å²) in [6, 6.07) is 11.3. The molecule has 31 heavy (non-hydrogen) atoms. The first-order chi connectivity index (χ1) is 14.7. The molecule has 0 aliphatic rings. The Hall–Kier alpha value is -2.67. The zero-order valence-electron chi connectivity index (χ0n) is 16.0. The predicted molar refractivity (Wildman–Crippen MR) is 123 cm³/mol. The minimum atomic E-state index is -3.37. The van der Waals surface area contributed by atoms with E-state index in [9.17, 15) is 23.3 Å². The summed E-state index contributed by atoms with van der Waals surface area (Å²) in [5.74, 6) is -0.378. The molecule has 0 atom stereocenters. The highest BCUT2D eigenvalue weighted by Crippen LogP contribution is 2.33. The van der Waals surface area contributed by atoms with E-state index in [2.05, 4.69) is 4.98 Å². The number of rotatable bonds is 7. The van der Waals surface area contributed by atoms with E-state index in [1.54, 1.807) is 23.5 Å². The molecule has 12 heteroatoms. The Morgan fingerprint density at radius 3 is 2.65 bits per heavy atom. The number of anilines is 1. The zero-order valence-corrected chi connectivity index (χ0v) is 19.3. The van der Waals surface area contributed by atoms with E-state index < -0.39 is 14.8 Å². The number of nitrogens with zero attached hydrogens (tertiary/aromatic N) is 3. The molecule has 0 aliphatic carbocycles. The number of thiazole rings is 1. The van der Waals surface area contributed by atoms with Crippen LogP contribution in [0, 0.1) is 10.1 Å². The molecular weight excluding hydrogens is 478 g/mol. The first-order valence-corrected chi connectivity index (χ1v) is 13.3. The van der Waals surface area contributed by atoms with Crippen LogP contribution in [-0.4, -0.2) is 37.0 Å². The molecule has 0 bridgehead atoms. The molecule has 0 spiro atoms. The van der Waals surface area contributed by atoms with Crippen LogP contribution in [0.1, 0.15) is 14.5 Å². The van der Waals surface area contributed by atoms with Gasteiger partial charge in [-0.3, -0.25) is 19.8 Å². The normalized spacial score (nSPS) is 11.6. The van der Waals surface area contributed by atoms with Gasteiger partial charge >= 0.3 is 5.00 Å². The highest BCUT2D eigenvalue weighted by molar-refractivity contribution is 7.90. The van der Waals surface area contributed by atoms with Crippen molar-refractivity contribution in [2.24, 2.45) is 0 Å². The number of sulfone groups is 1. The van der Waals surface area contributed by atoms with Gasteiger partial charge in [0, 0.05) is 23.7 Å². The molecule has 0 N–H and O–H groups in total. The van der Waals surface area contributed by atoms with Crippen molar-refractivity contribution in [3.63, 3.8) is 0 Å². The maximum Gasteiger partial charge on any atom is 0.324 e. The number of nitro groups is 1. The summed E-state index contributed by atoms with van der Waals surface area (Å²) in [6.07, 6.45) is 1.73. The van der Waals surface area contributed by atoms with Crippen molar-refractivity contribution < 1.29 is 18.1 Å². The van der Waals surface area contributed by atoms with Crippen molar-refractivity contribution in [3.8, 4) is 0 Å². The fourth-order valence-corrected chi connectivity index (χ4v) is 6.09. The topological polar surface area (TPSA) is 110 Å². The number of hydrogen-bond acceptors (Lipinski definition) is 9. The lowest BCUT2D eigenvalue weighted by atomic mass is 10.3. The fourth-order valence-electron chi connectivity index (χ4n) is 2.87. The van der Waals surface area contributed by atoms with Gasteiger partial charge in [0.25, 0.3) is 5.91 Å². The van der Waals surface area contributed by atoms with Crippen LogP contribution >= 0.6 is 34.0 Å². The van der Waals surface area contributed by atoms with Crippen LogP contribution < -0.4 is 4.90 Å². The van der Waals surface area contributed by atoms with Gasteiger partial charge < -0.3 is 0 Å². The third kappa shape index (κ3) is 4.66. The molecule has 4 rings (SSSR count). The zero-order chi connectivity index (χ0) is 22.2. The van der Waals surface area contributed by atoms with Crippen molar-refractivity contribution in [2.75, 3.05) is 17.7 Å². The van der Waals surface area contributed by atoms with Crippen molar-refractivity contribution >= 4 is 70.1 Å². The molecule has 0 saturated heterocycles. The number of fused-ring (bicyclic) bond motifs is 1. The van der Waals surface area contributed by atoms with Crippen LogP contribution in [0.25, 0.3) is 10.2 Å². The molecule has 0 saturated carbocycles. The summed E-state index contributed by atoms with van der Waals surface area (Å²) < 4.78 is 24.4. The Balaban J connectivity index is 1.72. The fraction of sp³-hybridized carbons (Fsp3) is 0.158. The molecule has 3 heterocycles. The van der Waals surface area contributed by atoms with Gasteiger partial charge in [0.05, 0.1) is 24.9 Å². The Bertz CT molecular complexity index is 1370. The Kier molecular flexibility index (Phi) is 5.88. The van der Waals surface area contributed by atoms with Crippen molar-refractivity contribution in [1.29, 1.82) is 0 Å². The molecule has 160 valence electrons. The summed E-state index contributed by atoms with van der Waals surface area (Å²) >= 11 is 3.61. The van der Waals surface area contributed by atoms with Gasteiger partial charge in [0.15, 0.2) is 15.0 Å². The molecular formula is C19H15N3O5S4. The van der Waals surface area contributed by atoms with E-state index in [-0.39, 0.29) is 20.7 Å². The standard InChI is InChI=1S/C19H15N3O5S4/c1-31(26,27)13-4-5-14-16(11-13)30-19(20-14)21(9-8-12-3-2-10-28-12)18(23)15-6-7-17(29-15)22(24)25/h2-7,10-11H,8-9H2,1H3. The molecule has 1 aromatic carbocycles. The van der Waals surface area contributed by atoms with Gasteiger partial charge in [-0.15, -0.1) is 11.3 Å². The van der Waals surface area contributed by atoms with Crippen LogP contribution in [-0.2, 0) is 16.3 Å². The van der Waals surface area contributed by atoms with E-state index in [4.69, 9.17) is 0 Å². The number of carbonyl (C=O) groups is 1. The van der Waals surface area contributed by atoms with Crippen molar-refractivity contribution in [2.45, 2.75) is 11.3 Å². The minimum Gasteiger partial charge on any atom is -0.283 e. The van der Waals surface area contributed by atoms with Crippen molar-refractivity contribution in [3.05, 3.63) is 67.7 Å². The molecule has 4 aromatic rings. The lowest BCUT2D eigenvalue weighted by molar-refractivity contribution is -0.380. The Morgan fingerprint density at radius 1 is 1.19 bits per heavy atom. The second-order valence-corrected chi connectivity index (χ2v) is 11.7. The Labute approximate surface area is 189 Å². The van der Waals surface area contributed by atoms with Crippen LogP contribution in [0.15, 0.2) is 52.7 Å². The summed E-state index contributed by atoms with van der Waals surface area (Å²) in [6.45, 7) is 0.337. The number of carbonyl (C=O) groups excluding carboxylic acids is 1. The third-order valence-corrected chi connectivity index (χ3v) is 8.51. The smallest absolute Gasteiger partial charge is 0.283 e. The lowest BCUT2D eigenvalue weighted by Crippen LogP contribution is -2.32. The van der Waals surface area contributed by atoms with E-state index >= 15 is 0 Å². The predicted octanol–water partition coefficient (Wildman–Crippen LogP) is 4.62. The SMILES string of the molecule is CS(=O)(=O)c1ccc2nc(N(CCc3cccs3)C(=O)c3ccc([N+](=O)[O-])s3)sc2c1. The van der Waals surface area contributed by atoms with Gasteiger partial charge in [-0.1, -0.05) is 28.7 Å². The number of thiophene rings is 2. The summed E-state index contributed by atoms with van der Waals surface area (Å²) in [7, 11) is -3.37. The summed E-state index contributed by atoms with van der Waals surface area (Å²) in [5.41, 5.74) is 0.582. The second-order valence-electron chi connectivity index (χ2n) is 6.58. The first kappa shape index (κ1) is 21.6. The number of benzene rings is 1. The van der Waals surface area contributed by atoms with Crippen molar-refractivity contribution in [1.82, 2.24) is 4.98 Å².